The first-order valence-corrected chi connectivity index (χ1v) is 6.29. The Morgan fingerprint density at radius 1 is 1.11 bits per heavy atom. The van der Waals surface area contributed by atoms with Crippen LogP contribution in [0.5, 0.6) is 11.5 Å². The zero-order chi connectivity index (χ0) is 12.6. The Morgan fingerprint density at radius 2 is 1.83 bits per heavy atom. The van der Waals surface area contributed by atoms with Crippen molar-refractivity contribution in [3.8, 4) is 11.5 Å². The second kappa shape index (κ2) is 4.44. The van der Waals surface area contributed by atoms with E-state index in [1.54, 1.807) is 0 Å². The van der Waals surface area contributed by atoms with Crippen LogP contribution in [0.3, 0.4) is 0 Å². The fourth-order valence-corrected chi connectivity index (χ4v) is 2.25. The van der Waals surface area contributed by atoms with E-state index in [4.69, 9.17) is 18.9 Å². The third kappa shape index (κ3) is 2.44. The second-order valence-corrected chi connectivity index (χ2v) is 5.28. The van der Waals surface area contributed by atoms with Crippen molar-refractivity contribution in [3.63, 3.8) is 0 Å². The predicted octanol–water partition coefficient (Wildman–Crippen LogP) is 2.36. The molecule has 0 saturated carbocycles. The molecule has 98 valence electrons. The average molecular weight is 250 g/mol. The van der Waals surface area contributed by atoms with Crippen molar-refractivity contribution in [2.75, 3.05) is 20.0 Å². The lowest BCUT2D eigenvalue weighted by Gasteiger charge is -2.35. The minimum atomic E-state index is -0.439. The maximum absolute atomic E-state index is 5.66. The molecular formula is C14H18O4. The molecular weight excluding hydrogens is 232 g/mol. The van der Waals surface area contributed by atoms with Crippen LogP contribution in [0.2, 0.25) is 0 Å². The molecule has 4 nitrogen and oxygen atoms in total. The summed E-state index contributed by atoms with van der Waals surface area (Å²) in [6.45, 7) is 5.69. The highest BCUT2D eigenvalue weighted by molar-refractivity contribution is 5.44. The Bertz CT molecular complexity index is 431. The van der Waals surface area contributed by atoms with E-state index in [2.05, 4.69) is 6.07 Å². The van der Waals surface area contributed by atoms with Crippen LogP contribution in [0.25, 0.3) is 0 Å². The highest BCUT2D eigenvalue weighted by atomic mass is 16.7. The number of hydrogen-bond acceptors (Lipinski definition) is 4. The molecule has 1 aromatic carbocycles. The van der Waals surface area contributed by atoms with Gasteiger partial charge in [-0.25, -0.2) is 0 Å². The fraction of sp³-hybridized carbons (Fsp3) is 0.571. The Balaban J connectivity index is 1.63. The maximum atomic E-state index is 5.66. The lowest BCUT2D eigenvalue weighted by Crippen LogP contribution is -2.39. The summed E-state index contributed by atoms with van der Waals surface area (Å²) in [5.74, 6) is 1.63. The fourth-order valence-electron chi connectivity index (χ4n) is 2.25. The molecule has 0 spiro atoms. The minimum absolute atomic E-state index is 0.322. The van der Waals surface area contributed by atoms with Gasteiger partial charge in [0.2, 0.25) is 6.79 Å². The van der Waals surface area contributed by atoms with Crippen LogP contribution < -0.4 is 9.47 Å². The molecule has 2 aliphatic rings. The molecule has 0 radical (unpaired) electrons. The highest BCUT2D eigenvalue weighted by Gasteiger charge is 2.28. The lowest BCUT2D eigenvalue weighted by molar-refractivity contribution is -0.261. The third-order valence-electron chi connectivity index (χ3n) is 3.29. The zero-order valence-corrected chi connectivity index (χ0v) is 10.8. The van der Waals surface area contributed by atoms with Gasteiger partial charge >= 0.3 is 0 Å². The van der Waals surface area contributed by atoms with Crippen LogP contribution in [-0.2, 0) is 15.9 Å². The molecule has 0 bridgehead atoms. The van der Waals surface area contributed by atoms with Crippen molar-refractivity contribution >= 4 is 0 Å². The highest BCUT2D eigenvalue weighted by Crippen LogP contribution is 2.33. The Kier molecular flexibility index (Phi) is 2.92. The topological polar surface area (TPSA) is 36.9 Å². The molecule has 18 heavy (non-hydrogen) atoms. The van der Waals surface area contributed by atoms with Gasteiger partial charge in [-0.15, -0.1) is 0 Å². The normalized spacial score (nSPS) is 22.1. The van der Waals surface area contributed by atoms with Gasteiger partial charge in [0.1, 0.15) is 0 Å². The van der Waals surface area contributed by atoms with Crippen molar-refractivity contribution in [2.45, 2.75) is 26.1 Å². The van der Waals surface area contributed by atoms with Gasteiger partial charge in [-0.1, -0.05) is 6.07 Å². The molecule has 0 aromatic heterocycles. The van der Waals surface area contributed by atoms with Crippen molar-refractivity contribution in [1.82, 2.24) is 0 Å². The molecule has 2 aliphatic heterocycles. The smallest absolute Gasteiger partial charge is 0.231 e. The van der Waals surface area contributed by atoms with E-state index < -0.39 is 5.79 Å². The quantitative estimate of drug-likeness (QED) is 0.807. The first-order valence-electron chi connectivity index (χ1n) is 6.29. The Hall–Kier alpha value is -1.26. The molecule has 1 aromatic rings. The molecule has 3 rings (SSSR count). The van der Waals surface area contributed by atoms with Crippen LogP contribution in [-0.4, -0.2) is 25.8 Å². The average Bonchev–Trinajstić information content (AvgIpc) is 2.79. The van der Waals surface area contributed by atoms with E-state index in [9.17, 15) is 0 Å². The molecule has 0 aliphatic carbocycles. The molecule has 0 N–H and O–H groups in total. The molecule has 0 unspecified atom stereocenters. The van der Waals surface area contributed by atoms with Crippen LogP contribution in [0.15, 0.2) is 18.2 Å². The van der Waals surface area contributed by atoms with E-state index in [1.165, 1.54) is 5.56 Å². The molecule has 2 heterocycles. The molecule has 4 heteroatoms. The SMILES string of the molecule is CC1(C)OCC(Cc2ccc3c(c2)OCO3)CO1. The van der Waals surface area contributed by atoms with Gasteiger partial charge < -0.3 is 18.9 Å². The van der Waals surface area contributed by atoms with Gasteiger partial charge in [0.05, 0.1) is 13.2 Å². The van der Waals surface area contributed by atoms with Crippen LogP contribution in [0.4, 0.5) is 0 Å². The standard InChI is InChI=1S/C14H18O4/c1-14(2)17-7-11(8-18-14)5-10-3-4-12-13(6-10)16-9-15-12/h3-4,6,11H,5,7-9H2,1-2H3. The third-order valence-corrected chi connectivity index (χ3v) is 3.29. The van der Waals surface area contributed by atoms with E-state index >= 15 is 0 Å². The van der Waals surface area contributed by atoms with Gasteiger partial charge in [0, 0.05) is 5.92 Å². The lowest BCUT2D eigenvalue weighted by atomic mass is 9.99. The van der Waals surface area contributed by atoms with E-state index in [0.717, 1.165) is 31.1 Å². The second-order valence-electron chi connectivity index (χ2n) is 5.28. The summed E-state index contributed by atoms with van der Waals surface area (Å²) in [5, 5.41) is 0. The number of fused-ring (bicyclic) bond motifs is 1. The zero-order valence-electron chi connectivity index (χ0n) is 10.8. The van der Waals surface area contributed by atoms with Gasteiger partial charge in [-0.3, -0.25) is 0 Å². The van der Waals surface area contributed by atoms with Crippen LogP contribution in [0.1, 0.15) is 19.4 Å². The molecule has 0 amide bonds. The monoisotopic (exact) mass is 250 g/mol. The number of rotatable bonds is 2. The summed E-state index contributed by atoms with van der Waals surface area (Å²) in [5.41, 5.74) is 1.23. The van der Waals surface area contributed by atoms with Crippen molar-refractivity contribution in [3.05, 3.63) is 23.8 Å². The van der Waals surface area contributed by atoms with E-state index in [0.29, 0.717) is 12.7 Å². The van der Waals surface area contributed by atoms with Gasteiger partial charge in [-0.2, -0.15) is 0 Å². The molecule has 1 saturated heterocycles. The number of hydrogen-bond donors (Lipinski definition) is 0. The van der Waals surface area contributed by atoms with E-state index in [-0.39, 0.29) is 0 Å². The first kappa shape index (κ1) is 11.8. The molecule has 1 fully saturated rings. The van der Waals surface area contributed by atoms with Gasteiger partial charge in [0.15, 0.2) is 17.3 Å². The Morgan fingerprint density at radius 3 is 2.61 bits per heavy atom. The number of benzene rings is 1. The maximum Gasteiger partial charge on any atom is 0.231 e. The van der Waals surface area contributed by atoms with Gasteiger partial charge in [0.25, 0.3) is 0 Å². The van der Waals surface area contributed by atoms with Crippen molar-refractivity contribution in [2.24, 2.45) is 5.92 Å². The van der Waals surface area contributed by atoms with Crippen molar-refractivity contribution in [1.29, 1.82) is 0 Å². The first-order chi connectivity index (χ1) is 8.62. The summed E-state index contributed by atoms with van der Waals surface area (Å²) in [4.78, 5) is 0. The summed E-state index contributed by atoms with van der Waals surface area (Å²) in [7, 11) is 0. The minimum Gasteiger partial charge on any atom is -0.454 e. The summed E-state index contributed by atoms with van der Waals surface area (Å²) < 4.78 is 22.0. The molecule has 0 atom stereocenters. The summed E-state index contributed by atoms with van der Waals surface area (Å²) in [6, 6.07) is 6.08. The van der Waals surface area contributed by atoms with Crippen molar-refractivity contribution < 1.29 is 18.9 Å². The van der Waals surface area contributed by atoms with Gasteiger partial charge in [-0.05, 0) is 38.0 Å². The largest absolute Gasteiger partial charge is 0.454 e. The van der Waals surface area contributed by atoms with Crippen LogP contribution >= 0.6 is 0 Å². The summed E-state index contributed by atoms with van der Waals surface area (Å²) >= 11 is 0. The Labute approximate surface area is 107 Å². The summed E-state index contributed by atoms with van der Waals surface area (Å²) in [6.07, 6.45) is 0.937. The van der Waals surface area contributed by atoms with Crippen LogP contribution in [0, 0.1) is 5.92 Å². The number of ether oxygens (including phenoxy) is 4. The predicted molar refractivity (Wildman–Crippen MR) is 65.7 cm³/mol. The van der Waals surface area contributed by atoms with E-state index in [1.807, 2.05) is 26.0 Å².